The first-order chi connectivity index (χ1) is 14.1. The number of aryl methyl sites for hydroxylation is 1. The summed E-state index contributed by atoms with van der Waals surface area (Å²) in [7, 11) is 1.70. The van der Waals surface area contributed by atoms with Gasteiger partial charge in [-0.25, -0.2) is 0 Å². The van der Waals surface area contributed by atoms with E-state index in [9.17, 15) is 9.59 Å². The number of nitrogens with zero attached hydrogens (tertiary/aromatic N) is 1. The van der Waals surface area contributed by atoms with Crippen LogP contribution in [0.5, 0.6) is 11.5 Å². The van der Waals surface area contributed by atoms with Gasteiger partial charge >= 0.3 is 0 Å². The van der Waals surface area contributed by atoms with Crippen LogP contribution in [0.2, 0.25) is 0 Å². The van der Waals surface area contributed by atoms with E-state index in [4.69, 9.17) is 4.74 Å². The summed E-state index contributed by atoms with van der Waals surface area (Å²) in [5.74, 6) is 1.10. The highest BCUT2D eigenvalue weighted by atomic mass is 16.5. The number of amides is 1. The Morgan fingerprint density at radius 1 is 0.931 bits per heavy atom. The molecule has 0 bridgehead atoms. The maximum atomic E-state index is 12.9. The Morgan fingerprint density at radius 3 is 2.45 bits per heavy atom. The average Bonchev–Trinajstić information content (AvgIpc) is 2.76. The Morgan fingerprint density at radius 2 is 1.62 bits per heavy atom. The van der Waals surface area contributed by atoms with E-state index in [1.165, 1.54) is 10.6 Å². The molecule has 5 heteroatoms. The maximum Gasteiger partial charge on any atom is 0.252 e. The Kier molecular flexibility index (Phi) is 5.12. The van der Waals surface area contributed by atoms with Gasteiger partial charge in [0, 0.05) is 30.6 Å². The third kappa shape index (κ3) is 3.89. The van der Waals surface area contributed by atoms with E-state index in [1.807, 2.05) is 78.9 Å². The predicted molar refractivity (Wildman–Crippen MR) is 113 cm³/mol. The van der Waals surface area contributed by atoms with E-state index in [1.54, 1.807) is 7.05 Å². The average molecular weight is 384 g/mol. The number of hydrogen-bond donors (Lipinski definition) is 1. The minimum Gasteiger partial charge on any atom is -0.457 e. The van der Waals surface area contributed by atoms with E-state index in [0.29, 0.717) is 11.3 Å². The molecule has 0 aliphatic rings. The van der Waals surface area contributed by atoms with Gasteiger partial charge in [0.1, 0.15) is 11.5 Å². The van der Waals surface area contributed by atoms with Gasteiger partial charge in [0.15, 0.2) is 0 Å². The molecule has 0 fully saturated rings. The van der Waals surface area contributed by atoms with Crippen molar-refractivity contribution in [1.82, 2.24) is 9.88 Å². The summed E-state index contributed by atoms with van der Waals surface area (Å²) in [6.07, 6.45) is 0. The third-order valence-corrected chi connectivity index (χ3v) is 4.78. The standard InChI is InChI=1S/C24H20N2O3/c1-26-21-13-7-6-12-19(21)20(15-23(26)27)24(28)25-16-17-9-5-8-14-22(17)29-18-10-3-2-4-11-18/h2-15H,16H2,1H3,(H,25,28). The molecule has 1 N–H and O–H groups in total. The normalized spacial score (nSPS) is 10.7. The largest absolute Gasteiger partial charge is 0.457 e. The molecule has 0 unspecified atom stereocenters. The number of para-hydroxylation sites is 3. The molecule has 0 radical (unpaired) electrons. The molecule has 1 heterocycles. The van der Waals surface area contributed by atoms with Gasteiger partial charge in [-0.1, -0.05) is 54.6 Å². The second kappa shape index (κ2) is 8.02. The molecule has 144 valence electrons. The lowest BCUT2D eigenvalue weighted by molar-refractivity contribution is 0.0952. The van der Waals surface area contributed by atoms with Crippen molar-refractivity contribution in [3.05, 3.63) is 106 Å². The Bertz CT molecular complexity index is 1230. The van der Waals surface area contributed by atoms with Crippen LogP contribution in [0, 0.1) is 0 Å². The van der Waals surface area contributed by atoms with E-state index >= 15 is 0 Å². The minimum atomic E-state index is -0.298. The van der Waals surface area contributed by atoms with Crippen molar-refractivity contribution in [2.75, 3.05) is 0 Å². The van der Waals surface area contributed by atoms with Crippen LogP contribution in [0.3, 0.4) is 0 Å². The monoisotopic (exact) mass is 384 g/mol. The van der Waals surface area contributed by atoms with Crippen molar-refractivity contribution in [3.8, 4) is 11.5 Å². The van der Waals surface area contributed by atoms with Crippen LogP contribution in [0.15, 0.2) is 89.7 Å². The quantitative estimate of drug-likeness (QED) is 0.559. The van der Waals surface area contributed by atoms with Crippen LogP contribution in [-0.2, 0) is 13.6 Å². The molecule has 1 aromatic heterocycles. The summed E-state index contributed by atoms with van der Waals surface area (Å²) in [6, 6.07) is 25.8. The molecule has 29 heavy (non-hydrogen) atoms. The van der Waals surface area contributed by atoms with Gasteiger partial charge in [-0.15, -0.1) is 0 Å². The molecule has 4 aromatic rings. The number of aromatic nitrogens is 1. The molecule has 0 aliphatic heterocycles. The first-order valence-electron chi connectivity index (χ1n) is 9.31. The summed E-state index contributed by atoms with van der Waals surface area (Å²) in [6.45, 7) is 0.283. The predicted octanol–water partition coefficient (Wildman–Crippen LogP) is 4.26. The lowest BCUT2D eigenvalue weighted by atomic mass is 10.1. The molecule has 4 rings (SSSR count). The highest BCUT2D eigenvalue weighted by molar-refractivity contribution is 6.06. The Labute approximate surface area is 168 Å². The number of carbonyl (C=O) groups excluding carboxylic acids is 1. The molecule has 0 aliphatic carbocycles. The molecule has 5 nitrogen and oxygen atoms in total. The number of pyridine rings is 1. The van der Waals surface area contributed by atoms with E-state index in [0.717, 1.165) is 22.2 Å². The van der Waals surface area contributed by atoms with Gasteiger partial charge in [0.25, 0.3) is 11.5 Å². The van der Waals surface area contributed by atoms with Gasteiger partial charge in [0.2, 0.25) is 0 Å². The molecular formula is C24H20N2O3. The van der Waals surface area contributed by atoms with Crippen LogP contribution in [-0.4, -0.2) is 10.5 Å². The topological polar surface area (TPSA) is 60.3 Å². The van der Waals surface area contributed by atoms with Crippen LogP contribution < -0.4 is 15.6 Å². The second-order valence-corrected chi connectivity index (χ2v) is 6.68. The first-order valence-corrected chi connectivity index (χ1v) is 9.31. The van der Waals surface area contributed by atoms with Crippen LogP contribution in [0.4, 0.5) is 0 Å². The maximum absolute atomic E-state index is 12.9. The summed E-state index contributed by atoms with van der Waals surface area (Å²) in [5, 5.41) is 3.65. The summed E-state index contributed by atoms with van der Waals surface area (Å²) in [5.41, 5.74) is 1.71. The number of carbonyl (C=O) groups is 1. The van der Waals surface area contributed by atoms with E-state index in [-0.39, 0.29) is 18.0 Å². The number of fused-ring (bicyclic) bond motifs is 1. The van der Waals surface area contributed by atoms with E-state index in [2.05, 4.69) is 5.32 Å². The van der Waals surface area contributed by atoms with Crippen molar-refractivity contribution in [1.29, 1.82) is 0 Å². The second-order valence-electron chi connectivity index (χ2n) is 6.68. The van der Waals surface area contributed by atoms with E-state index < -0.39 is 0 Å². The molecule has 0 atom stereocenters. The minimum absolute atomic E-state index is 0.221. The smallest absolute Gasteiger partial charge is 0.252 e. The Balaban J connectivity index is 1.58. The lowest BCUT2D eigenvalue weighted by Crippen LogP contribution is -2.26. The van der Waals surface area contributed by atoms with Crippen molar-refractivity contribution >= 4 is 16.8 Å². The van der Waals surface area contributed by atoms with Gasteiger partial charge in [-0.3, -0.25) is 9.59 Å². The first kappa shape index (κ1) is 18.5. The van der Waals surface area contributed by atoms with Crippen molar-refractivity contribution in [2.24, 2.45) is 7.05 Å². The molecule has 1 amide bonds. The highest BCUT2D eigenvalue weighted by Crippen LogP contribution is 2.25. The van der Waals surface area contributed by atoms with Gasteiger partial charge in [-0.2, -0.15) is 0 Å². The fourth-order valence-corrected chi connectivity index (χ4v) is 3.23. The summed E-state index contributed by atoms with van der Waals surface area (Å²) in [4.78, 5) is 25.1. The third-order valence-electron chi connectivity index (χ3n) is 4.78. The summed E-state index contributed by atoms with van der Waals surface area (Å²) < 4.78 is 7.48. The zero-order chi connectivity index (χ0) is 20.2. The lowest BCUT2D eigenvalue weighted by Gasteiger charge is -2.13. The van der Waals surface area contributed by atoms with Crippen molar-refractivity contribution < 1.29 is 9.53 Å². The number of benzene rings is 3. The van der Waals surface area contributed by atoms with Crippen molar-refractivity contribution in [3.63, 3.8) is 0 Å². The van der Waals surface area contributed by atoms with Gasteiger partial charge in [-0.05, 0) is 24.3 Å². The fraction of sp³-hybridized carbons (Fsp3) is 0.0833. The van der Waals surface area contributed by atoms with Crippen LogP contribution in [0.1, 0.15) is 15.9 Å². The Hall–Kier alpha value is -3.86. The zero-order valence-corrected chi connectivity index (χ0v) is 16.0. The molecule has 0 spiro atoms. The molecular weight excluding hydrogens is 364 g/mol. The molecule has 3 aromatic carbocycles. The number of rotatable bonds is 5. The van der Waals surface area contributed by atoms with Crippen LogP contribution in [0.25, 0.3) is 10.9 Å². The molecule has 0 saturated heterocycles. The summed E-state index contributed by atoms with van der Waals surface area (Å²) >= 11 is 0. The number of nitrogens with one attached hydrogen (secondary N) is 1. The van der Waals surface area contributed by atoms with Crippen LogP contribution >= 0.6 is 0 Å². The number of hydrogen-bond acceptors (Lipinski definition) is 3. The zero-order valence-electron chi connectivity index (χ0n) is 16.0. The van der Waals surface area contributed by atoms with Gasteiger partial charge in [0.05, 0.1) is 11.1 Å². The highest BCUT2D eigenvalue weighted by Gasteiger charge is 2.14. The van der Waals surface area contributed by atoms with Gasteiger partial charge < -0.3 is 14.6 Å². The van der Waals surface area contributed by atoms with Crippen molar-refractivity contribution in [2.45, 2.75) is 6.54 Å². The SMILES string of the molecule is Cn1c(=O)cc(C(=O)NCc2ccccc2Oc2ccccc2)c2ccccc21. The molecule has 0 saturated carbocycles. The fourth-order valence-electron chi connectivity index (χ4n) is 3.23. The number of ether oxygens (including phenoxy) is 1.